The molecule has 0 saturated carbocycles. The van der Waals surface area contributed by atoms with E-state index in [0.717, 1.165) is 23.7 Å². The minimum absolute atomic E-state index is 0.320. The molecule has 1 fully saturated rings. The molecule has 0 atom stereocenters. The van der Waals surface area contributed by atoms with Crippen LogP contribution in [0.3, 0.4) is 0 Å². The minimum Gasteiger partial charge on any atom is -0.339 e. The lowest BCUT2D eigenvalue weighted by molar-refractivity contribution is 0.650. The highest BCUT2D eigenvalue weighted by atomic mass is 35.5. The van der Waals surface area contributed by atoms with Gasteiger partial charge in [0.05, 0.1) is 5.02 Å². The molecule has 1 saturated heterocycles. The van der Waals surface area contributed by atoms with Gasteiger partial charge in [0.15, 0.2) is 5.66 Å². The van der Waals surface area contributed by atoms with E-state index in [0.29, 0.717) is 5.88 Å². The molecule has 0 amide bonds. The molecule has 3 aromatic carbocycles. The molecule has 1 aliphatic carbocycles. The summed E-state index contributed by atoms with van der Waals surface area (Å²) in [5, 5.41) is 0.812. The van der Waals surface area contributed by atoms with Gasteiger partial charge in [-0.1, -0.05) is 60.1 Å². The zero-order valence-corrected chi connectivity index (χ0v) is 17.6. The lowest BCUT2D eigenvalue weighted by Gasteiger charge is -2.35. The fourth-order valence-corrected chi connectivity index (χ4v) is 5.48. The largest absolute Gasteiger partial charge is 0.339 e. The summed E-state index contributed by atoms with van der Waals surface area (Å²) in [5.41, 5.74) is 8.25. The molecule has 0 aromatic heterocycles. The van der Waals surface area contributed by atoms with Gasteiger partial charge in [-0.3, -0.25) is 0 Å². The predicted octanol–water partition coefficient (Wildman–Crippen LogP) is 6.24. The molecule has 0 radical (unpaired) electrons. The number of benzene rings is 3. The Hall–Kier alpha value is -2.16. The molecule has 2 nitrogen and oxygen atoms in total. The third-order valence-electron chi connectivity index (χ3n) is 6.17. The highest BCUT2D eigenvalue weighted by Gasteiger charge is 2.64. The number of alkyl halides is 1. The first-order chi connectivity index (χ1) is 13.6. The van der Waals surface area contributed by atoms with Gasteiger partial charge in [0.2, 0.25) is 0 Å². The number of hydrogen-bond acceptors (Lipinski definition) is 2. The van der Waals surface area contributed by atoms with Crippen LogP contribution in [0.1, 0.15) is 27.8 Å². The summed E-state index contributed by atoms with van der Waals surface area (Å²) in [6.45, 7) is 6.25. The van der Waals surface area contributed by atoms with Crippen LogP contribution >= 0.6 is 23.2 Å². The molecular weight excluding hydrogens is 387 g/mol. The maximum absolute atomic E-state index is 6.86. The van der Waals surface area contributed by atoms with Crippen molar-refractivity contribution in [3.05, 3.63) is 93.5 Å². The predicted molar refractivity (Wildman–Crippen MR) is 119 cm³/mol. The Morgan fingerprint density at radius 3 is 1.86 bits per heavy atom. The highest BCUT2D eigenvalue weighted by molar-refractivity contribution is 6.34. The van der Waals surface area contributed by atoms with Gasteiger partial charge in [-0.05, 0) is 42.7 Å². The normalized spacial score (nSPS) is 16.6. The molecule has 0 unspecified atom stereocenters. The van der Waals surface area contributed by atoms with E-state index in [1.807, 2.05) is 0 Å². The molecule has 0 bridgehead atoms. The summed E-state index contributed by atoms with van der Waals surface area (Å²) in [5.74, 6) is 0.428. The summed E-state index contributed by atoms with van der Waals surface area (Å²) >= 11 is 13.0. The van der Waals surface area contributed by atoms with Crippen LogP contribution in [0.5, 0.6) is 0 Å². The van der Waals surface area contributed by atoms with Crippen LogP contribution in [0.25, 0.3) is 0 Å². The lowest BCUT2D eigenvalue weighted by Crippen LogP contribution is -2.41. The van der Waals surface area contributed by atoms with Crippen LogP contribution < -0.4 is 9.80 Å². The topological polar surface area (TPSA) is 6.48 Å². The number of rotatable bonds is 3. The standard InChI is InChI=1S/C24H22Cl2N2/c1-16-7-3-5-9-20(16)27-13-14-28(21-10-6-4-8-17(21)2)24(27)19-12-11-18(15-25)23(26)22(19)24/h3-12H,13-15H2,1-2H3. The van der Waals surface area contributed by atoms with Gasteiger partial charge >= 0.3 is 0 Å². The third-order valence-corrected chi connectivity index (χ3v) is 6.89. The molecule has 5 rings (SSSR count). The Morgan fingerprint density at radius 1 is 0.821 bits per heavy atom. The number of hydrogen-bond donors (Lipinski definition) is 0. The zero-order chi connectivity index (χ0) is 19.5. The molecular formula is C24H22Cl2N2. The average Bonchev–Trinajstić information content (AvgIpc) is 3.22. The van der Waals surface area contributed by atoms with Crippen LogP contribution in [0, 0.1) is 13.8 Å². The van der Waals surface area contributed by atoms with Crippen molar-refractivity contribution in [2.24, 2.45) is 0 Å². The lowest BCUT2D eigenvalue weighted by atomic mass is 10.1. The molecule has 2 aliphatic rings. The van der Waals surface area contributed by atoms with Crippen molar-refractivity contribution in [3.8, 4) is 0 Å². The van der Waals surface area contributed by atoms with Gasteiger partial charge in [0, 0.05) is 41.5 Å². The zero-order valence-electron chi connectivity index (χ0n) is 16.0. The fraction of sp³-hybridized carbons (Fsp3) is 0.250. The van der Waals surface area contributed by atoms with Crippen molar-refractivity contribution in [2.45, 2.75) is 25.4 Å². The van der Waals surface area contributed by atoms with Gasteiger partial charge in [0.1, 0.15) is 0 Å². The molecule has 28 heavy (non-hydrogen) atoms. The van der Waals surface area contributed by atoms with Crippen LogP contribution in [0.15, 0.2) is 60.7 Å². The Morgan fingerprint density at radius 2 is 1.36 bits per heavy atom. The van der Waals surface area contributed by atoms with Crippen molar-refractivity contribution in [1.82, 2.24) is 0 Å². The highest BCUT2D eigenvalue weighted by Crippen LogP contribution is 2.62. The number of nitrogens with zero attached hydrogens (tertiary/aromatic N) is 2. The first-order valence-corrected chi connectivity index (χ1v) is 10.6. The van der Waals surface area contributed by atoms with E-state index in [1.54, 1.807) is 0 Å². The second-order valence-corrected chi connectivity index (χ2v) is 8.29. The summed E-state index contributed by atoms with van der Waals surface area (Å²) in [6, 6.07) is 21.5. The van der Waals surface area contributed by atoms with Crippen molar-refractivity contribution in [1.29, 1.82) is 0 Å². The maximum Gasteiger partial charge on any atom is 0.168 e. The van der Waals surface area contributed by atoms with Crippen LogP contribution in [0.4, 0.5) is 11.4 Å². The van der Waals surface area contributed by atoms with Crippen LogP contribution in [-0.2, 0) is 11.5 Å². The molecule has 1 spiro atoms. The van der Waals surface area contributed by atoms with Crippen molar-refractivity contribution in [2.75, 3.05) is 22.9 Å². The van der Waals surface area contributed by atoms with Crippen LogP contribution in [-0.4, -0.2) is 13.1 Å². The molecule has 1 aliphatic heterocycles. The van der Waals surface area contributed by atoms with E-state index in [9.17, 15) is 0 Å². The van der Waals surface area contributed by atoms with Crippen molar-refractivity contribution < 1.29 is 0 Å². The first-order valence-electron chi connectivity index (χ1n) is 9.65. The first kappa shape index (κ1) is 17.9. The van der Waals surface area contributed by atoms with E-state index in [1.165, 1.54) is 33.6 Å². The summed E-state index contributed by atoms with van der Waals surface area (Å²) in [7, 11) is 0. The minimum atomic E-state index is -0.320. The molecule has 1 heterocycles. The number of halogens is 2. The van der Waals surface area contributed by atoms with Crippen LogP contribution in [0.2, 0.25) is 5.02 Å². The van der Waals surface area contributed by atoms with E-state index in [-0.39, 0.29) is 5.66 Å². The molecule has 0 N–H and O–H groups in total. The Kier molecular flexibility index (Phi) is 4.12. The third kappa shape index (κ3) is 2.28. The molecule has 142 valence electrons. The van der Waals surface area contributed by atoms with E-state index < -0.39 is 0 Å². The Bertz CT molecular complexity index is 1020. The Balaban J connectivity index is 1.73. The van der Waals surface area contributed by atoms with Gasteiger partial charge in [-0.2, -0.15) is 0 Å². The number of fused-ring (bicyclic) bond motifs is 3. The number of anilines is 2. The van der Waals surface area contributed by atoms with Gasteiger partial charge in [-0.25, -0.2) is 0 Å². The Labute approximate surface area is 176 Å². The molecule has 3 aromatic rings. The van der Waals surface area contributed by atoms with Gasteiger partial charge in [0.25, 0.3) is 0 Å². The van der Waals surface area contributed by atoms with E-state index in [4.69, 9.17) is 23.2 Å². The fourth-order valence-electron chi connectivity index (χ4n) is 4.82. The SMILES string of the molecule is Cc1ccccc1N1CCN(c2ccccc2C)C12c1ccc(CCl)c(Cl)c12. The quantitative estimate of drug-likeness (QED) is 0.473. The van der Waals surface area contributed by atoms with E-state index >= 15 is 0 Å². The van der Waals surface area contributed by atoms with Gasteiger partial charge in [-0.15, -0.1) is 11.6 Å². The van der Waals surface area contributed by atoms with Gasteiger partial charge < -0.3 is 9.80 Å². The smallest absolute Gasteiger partial charge is 0.168 e. The monoisotopic (exact) mass is 408 g/mol. The summed E-state index contributed by atoms with van der Waals surface area (Å²) < 4.78 is 0. The number of aryl methyl sites for hydroxylation is 2. The average molecular weight is 409 g/mol. The second kappa shape index (κ2) is 6.43. The maximum atomic E-state index is 6.86. The second-order valence-electron chi connectivity index (χ2n) is 7.64. The molecule has 4 heteroatoms. The number of para-hydroxylation sites is 2. The summed E-state index contributed by atoms with van der Waals surface area (Å²) in [4.78, 5) is 5.03. The van der Waals surface area contributed by atoms with E-state index in [2.05, 4.69) is 84.3 Å². The van der Waals surface area contributed by atoms with Crippen molar-refractivity contribution >= 4 is 34.6 Å². The summed E-state index contributed by atoms with van der Waals surface area (Å²) in [6.07, 6.45) is 0. The van der Waals surface area contributed by atoms with Crippen molar-refractivity contribution in [3.63, 3.8) is 0 Å².